The lowest BCUT2D eigenvalue weighted by Gasteiger charge is -2.07. The molecule has 4 nitrogen and oxygen atoms in total. The van der Waals surface area contributed by atoms with E-state index in [1.54, 1.807) is 13.0 Å². The Hall–Kier alpha value is -1.72. The van der Waals surface area contributed by atoms with Crippen molar-refractivity contribution in [3.05, 3.63) is 51.6 Å². The van der Waals surface area contributed by atoms with Gasteiger partial charge >= 0.3 is 0 Å². The zero-order chi connectivity index (χ0) is 14.0. The monoisotopic (exact) mass is 299 g/mol. The van der Waals surface area contributed by atoms with Crippen molar-refractivity contribution in [2.24, 2.45) is 0 Å². The molecule has 1 amide bonds. The van der Waals surface area contributed by atoms with Crippen LogP contribution in [0.15, 0.2) is 24.5 Å². The van der Waals surface area contributed by atoms with Crippen LogP contribution in [0.25, 0.3) is 0 Å². The number of halogens is 3. The van der Waals surface area contributed by atoms with Gasteiger partial charge in [0.2, 0.25) is 0 Å². The Labute approximate surface area is 118 Å². The summed E-state index contributed by atoms with van der Waals surface area (Å²) < 4.78 is 13.5. The third-order valence-electron chi connectivity index (χ3n) is 2.35. The largest absolute Gasteiger partial charge is 0.305 e. The molecule has 0 saturated heterocycles. The molecule has 0 bridgehead atoms. The number of nitrogens with zero attached hydrogens (tertiary/aromatic N) is 2. The summed E-state index contributed by atoms with van der Waals surface area (Å²) in [5.41, 5.74) is 0.671. The summed E-state index contributed by atoms with van der Waals surface area (Å²) >= 11 is 11.5. The molecule has 0 fully saturated rings. The molecule has 1 aromatic heterocycles. The van der Waals surface area contributed by atoms with Crippen molar-refractivity contribution in [2.45, 2.75) is 6.92 Å². The van der Waals surface area contributed by atoms with E-state index >= 15 is 0 Å². The molecule has 0 spiro atoms. The molecule has 1 heterocycles. The quantitative estimate of drug-likeness (QED) is 0.864. The number of hydrogen-bond donors (Lipinski definition) is 1. The molecule has 0 radical (unpaired) electrons. The molecule has 2 rings (SSSR count). The zero-order valence-electron chi connectivity index (χ0n) is 9.75. The average Bonchev–Trinajstić information content (AvgIpc) is 2.38. The minimum absolute atomic E-state index is 0.00516. The molecule has 98 valence electrons. The fourth-order valence-electron chi connectivity index (χ4n) is 1.42. The number of benzene rings is 1. The van der Waals surface area contributed by atoms with Crippen LogP contribution in [0.4, 0.5) is 10.2 Å². The second-order valence-corrected chi connectivity index (χ2v) is 4.50. The lowest BCUT2D eigenvalue weighted by molar-refractivity contribution is 0.102. The maximum Gasteiger partial charge on any atom is 0.259 e. The van der Waals surface area contributed by atoms with Crippen LogP contribution < -0.4 is 5.32 Å². The minimum Gasteiger partial charge on any atom is -0.305 e. The van der Waals surface area contributed by atoms with Crippen LogP contribution in [0.3, 0.4) is 0 Å². The number of nitrogens with one attached hydrogen (secondary N) is 1. The highest BCUT2D eigenvalue weighted by Gasteiger charge is 2.15. The number of carbonyl (C=O) groups excluding carboxylic acids is 1. The first-order valence-corrected chi connectivity index (χ1v) is 5.98. The minimum atomic E-state index is -0.655. The standard InChI is InChI=1S/C12H8Cl2FN3O/c1-6-2-3-8(15)7(4-6)12(19)18-11-9(13)10(14)16-5-17-11/h2-5H,1H3,(H,16,17,18,19). The predicted molar refractivity (Wildman–Crippen MR) is 71.1 cm³/mol. The normalized spacial score (nSPS) is 10.3. The Morgan fingerprint density at radius 1 is 1.32 bits per heavy atom. The van der Waals surface area contributed by atoms with Crippen molar-refractivity contribution in [3.8, 4) is 0 Å². The summed E-state index contributed by atoms with van der Waals surface area (Å²) in [7, 11) is 0. The van der Waals surface area contributed by atoms with Gasteiger partial charge in [-0.3, -0.25) is 4.79 Å². The number of hydrogen-bond acceptors (Lipinski definition) is 3. The van der Waals surface area contributed by atoms with E-state index in [4.69, 9.17) is 23.2 Å². The highest BCUT2D eigenvalue weighted by Crippen LogP contribution is 2.26. The number of rotatable bonds is 2. The van der Waals surface area contributed by atoms with Crippen LogP contribution in [0, 0.1) is 12.7 Å². The van der Waals surface area contributed by atoms with Crippen molar-refractivity contribution >= 4 is 34.9 Å². The summed E-state index contributed by atoms with van der Waals surface area (Å²) in [6, 6.07) is 4.22. The van der Waals surface area contributed by atoms with Crippen LogP contribution in [-0.4, -0.2) is 15.9 Å². The molecular formula is C12H8Cl2FN3O. The van der Waals surface area contributed by atoms with E-state index in [0.717, 1.165) is 11.9 Å². The maximum absolute atomic E-state index is 13.5. The van der Waals surface area contributed by atoms with Crippen LogP contribution in [0.5, 0.6) is 0 Å². The number of amides is 1. The fourth-order valence-corrected chi connectivity index (χ4v) is 1.70. The first-order chi connectivity index (χ1) is 8.99. The first-order valence-electron chi connectivity index (χ1n) is 5.22. The van der Waals surface area contributed by atoms with Crippen LogP contribution in [-0.2, 0) is 0 Å². The predicted octanol–water partition coefficient (Wildman–Crippen LogP) is 3.48. The second-order valence-electron chi connectivity index (χ2n) is 3.76. The van der Waals surface area contributed by atoms with Crippen molar-refractivity contribution in [3.63, 3.8) is 0 Å². The van der Waals surface area contributed by atoms with Gasteiger partial charge in [-0.2, -0.15) is 0 Å². The number of anilines is 1. The third kappa shape index (κ3) is 3.00. The second kappa shape index (κ2) is 5.50. The summed E-state index contributed by atoms with van der Waals surface area (Å²) in [6.45, 7) is 1.75. The SMILES string of the molecule is Cc1ccc(F)c(C(=O)Nc2ncnc(Cl)c2Cl)c1. The van der Waals surface area contributed by atoms with Gasteiger partial charge < -0.3 is 5.32 Å². The zero-order valence-corrected chi connectivity index (χ0v) is 11.3. The van der Waals surface area contributed by atoms with Crippen molar-refractivity contribution < 1.29 is 9.18 Å². The van der Waals surface area contributed by atoms with E-state index in [-0.39, 0.29) is 21.6 Å². The fraction of sp³-hybridized carbons (Fsp3) is 0.0833. The summed E-state index contributed by atoms with van der Waals surface area (Å²) in [4.78, 5) is 19.4. The molecule has 7 heteroatoms. The molecule has 1 N–H and O–H groups in total. The number of aryl methyl sites for hydroxylation is 1. The van der Waals surface area contributed by atoms with Gasteiger partial charge in [-0.05, 0) is 19.1 Å². The molecule has 0 unspecified atom stereocenters. The molecular weight excluding hydrogens is 292 g/mol. The van der Waals surface area contributed by atoms with Gasteiger partial charge in [0.05, 0.1) is 5.56 Å². The van der Waals surface area contributed by atoms with E-state index in [0.29, 0.717) is 0 Å². The topological polar surface area (TPSA) is 54.9 Å². The number of aromatic nitrogens is 2. The van der Waals surface area contributed by atoms with E-state index in [9.17, 15) is 9.18 Å². The Balaban J connectivity index is 2.31. The molecule has 0 aliphatic rings. The molecule has 0 aliphatic heterocycles. The summed E-state index contributed by atoms with van der Waals surface area (Å²) in [6.07, 6.45) is 1.15. The molecule has 0 aliphatic carbocycles. The Kier molecular flexibility index (Phi) is 3.97. The Morgan fingerprint density at radius 3 is 2.79 bits per heavy atom. The molecule has 0 saturated carbocycles. The van der Waals surface area contributed by atoms with Crippen LogP contribution in [0.2, 0.25) is 10.2 Å². The summed E-state index contributed by atoms with van der Waals surface area (Å²) in [5.74, 6) is -1.25. The Bertz CT molecular complexity index is 649. The van der Waals surface area contributed by atoms with Gasteiger partial charge in [0.15, 0.2) is 11.0 Å². The van der Waals surface area contributed by atoms with Crippen molar-refractivity contribution in [1.29, 1.82) is 0 Å². The lowest BCUT2D eigenvalue weighted by atomic mass is 10.1. The first kappa shape index (κ1) is 13.7. The molecule has 2 aromatic rings. The summed E-state index contributed by atoms with van der Waals surface area (Å²) in [5, 5.41) is 2.40. The number of carbonyl (C=O) groups is 1. The van der Waals surface area contributed by atoms with Gasteiger partial charge in [-0.15, -0.1) is 0 Å². The van der Waals surface area contributed by atoms with Gasteiger partial charge in [-0.25, -0.2) is 14.4 Å². The maximum atomic E-state index is 13.5. The van der Waals surface area contributed by atoms with Gasteiger partial charge in [0, 0.05) is 0 Å². The van der Waals surface area contributed by atoms with Crippen molar-refractivity contribution in [1.82, 2.24) is 9.97 Å². The highest BCUT2D eigenvalue weighted by atomic mass is 35.5. The van der Waals surface area contributed by atoms with E-state index in [1.807, 2.05) is 0 Å². The van der Waals surface area contributed by atoms with Gasteiger partial charge in [0.1, 0.15) is 17.2 Å². The van der Waals surface area contributed by atoms with E-state index < -0.39 is 11.7 Å². The molecule has 19 heavy (non-hydrogen) atoms. The molecule has 0 atom stereocenters. The van der Waals surface area contributed by atoms with E-state index in [1.165, 1.54) is 12.1 Å². The van der Waals surface area contributed by atoms with Crippen LogP contribution >= 0.6 is 23.2 Å². The highest BCUT2D eigenvalue weighted by molar-refractivity contribution is 6.43. The van der Waals surface area contributed by atoms with Crippen molar-refractivity contribution in [2.75, 3.05) is 5.32 Å². The average molecular weight is 300 g/mol. The van der Waals surface area contributed by atoms with Crippen LogP contribution in [0.1, 0.15) is 15.9 Å². The molecule has 1 aromatic carbocycles. The van der Waals surface area contributed by atoms with Gasteiger partial charge in [-0.1, -0.05) is 34.8 Å². The Morgan fingerprint density at radius 2 is 2.05 bits per heavy atom. The smallest absolute Gasteiger partial charge is 0.259 e. The third-order valence-corrected chi connectivity index (χ3v) is 3.09. The lowest BCUT2D eigenvalue weighted by Crippen LogP contribution is -2.15. The van der Waals surface area contributed by atoms with Gasteiger partial charge in [0.25, 0.3) is 5.91 Å². The van der Waals surface area contributed by atoms with E-state index in [2.05, 4.69) is 15.3 Å².